The summed E-state index contributed by atoms with van der Waals surface area (Å²) in [5.41, 5.74) is 3.12. The first-order chi connectivity index (χ1) is 11.5. The number of anilines is 3. The Morgan fingerprint density at radius 3 is 2.17 bits per heavy atom. The highest BCUT2D eigenvalue weighted by Gasteiger charge is 2.09. The number of hydrogen-bond donors (Lipinski definition) is 3. The Kier molecular flexibility index (Phi) is 4.20. The van der Waals surface area contributed by atoms with Gasteiger partial charge in [0.15, 0.2) is 0 Å². The van der Waals surface area contributed by atoms with Crippen LogP contribution in [0.15, 0.2) is 54.7 Å². The highest BCUT2D eigenvalue weighted by Crippen LogP contribution is 2.25. The van der Waals surface area contributed by atoms with Gasteiger partial charge < -0.3 is 20.5 Å². The van der Waals surface area contributed by atoms with E-state index in [0.717, 1.165) is 16.6 Å². The number of benzene rings is 2. The van der Waals surface area contributed by atoms with Gasteiger partial charge in [0.25, 0.3) is 0 Å². The molecule has 0 radical (unpaired) electrons. The average molecular weight is 322 g/mol. The molecule has 0 aliphatic heterocycles. The van der Waals surface area contributed by atoms with E-state index in [1.54, 1.807) is 24.3 Å². The highest BCUT2D eigenvalue weighted by atomic mass is 16.2. The zero-order valence-electron chi connectivity index (χ0n) is 13.5. The Labute approximate surface area is 139 Å². The van der Waals surface area contributed by atoms with Crippen LogP contribution in [0.5, 0.6) is 0 Å². The summed E-state index contributed by atoms with van der Waals surface area (Å²) >= 11 is 0. The van der Waals surface area contributed by atoms with Crippen molar-refractivity contribution in [3.63, 3.8) is 0 Å². The number of aromatic nitrogens is 1. The Bertz CT molecular complexity index is 897. The van der Waals surface area contributed by atoms with E-state index >= 15 is 0 Å². The number of carbonyl (C=O) groups excluding carboxylic acids is 2. The maximum absolute atomic E-state index is 12.2. The van der Waals surface area contributed by atoms with Gasteiger partial charge in [-0.3, -0.25) is 4.79 Å². The van der Waals surface area contributed by atoms with Crippen LogP contribution in [0.2, 0.25) is 0 Å². The minimum absolute atomic E-state index is 0.135. The van der Waals surface area contributed by atoms with Crippen molar-refractivity contribution in [2.24, 2.45) is 7.05 Å². The van der Waals surface area contributed by atoms with Gasteiger partial charge in [0.05, 0.1) is 5.69 Å². The molecule has 24 heavy (non-hydrogen) atoms. The van der Waals surface area contributed by atoms with E-state index in [2.05, 4.69) is 16.0 Å². The molecule has 1 aromatic heterocycles. The summed E-state index contributed by atoms with van der Waals surface area (Å²) in [5, 5.41) is 9.29. The second-order valence-corrected chi connectivity index (χ2v) is 5.51. The van der Waals surface area contributed by atoms with E-state index in [1.165, 1.54) is 6.92 Å². The lowest BCUT2D eigenvalue weighted by Gasteiger charge is -2.08. The number of fused-ring (bicyclic) bond motifs is 1. The molecule has 0 bridgehead atoms. The van der Waals surface area contributed by atoms with Crippen LogP contribution in [0.4, 0.5) is 21.9 Å². The average Bonchev–Trinajstić information content (AvgIpc) is 2.85. The van der Waals surface area contributed by atoms with Gasteiger partial charge in [0, 0.05) is 42.4 Å². The summed E-state index contributed by atoms with van der Waals surface area (Å²) in [6.45, 7) is 1.45. The molecule has 3 N–H and O–H groups in total. The quantitative estimate of drug-likeness (QED) is 0.686. The molecule has 0 saturated carbocycles. The third-order valence-electron chi connectivity index (χ3n) is 3.61. The number of amides is 3. The predicted octanol–water partition coefficient (Wildman–Crippen LogP) is 3.78. The van der Waals surface area contributed by atoms with Gasteiger partial charge in [-0.05, 0) is 30.3 Å². The van der Waals surface area contributed by atoms with Crippen LogP contribution in [0.25, 0.3) is 10.9 Å². The Hall–Kier alpha value is -3.28. The standard InChI is InChI=1S/C18H18N4O2/c1-12(23)19-13-7-9-14(10-8-13)20-18(24)21-16-11-22(2)17-6-4-3-5-15(16)17/h3-11H,1-2H3,(H,19,23)(H2,20,21,24). The molecule has 0 aliphatic rings. The molecule has 3 rings (SSSR count). The molecule has 3 amide bonds. The van der Waals surface area contributed by atoms with Crippen LogP contribution >= 0.6 is 0 Å². The van der Waals surface area contributed by atoms with Gasteiger partial charge in [-0.1, -0.05) is 18.2 Å². The molecule has 0 atom stereocenters. The van der Waals surface area contributed by atoms with Crippen molar-refractivity contribution in [2.75, 3.05) is 16.0 Å². The summed E-state index contributed by atoms with van der Waals surface area (Å²) in [7, 11) is 1.94. The monoisotopic (exact) mass is 322 g/mol. The Morgan fingerprint density at radius 1 is 0.875 bits per heavy atom. The van der Waals surface area contributed by atoms with Gasteiger partial charge >= 0.3 is 6.03 Å². The summed E-state index contributed by atoms with van der Waals surface area (Å²) in [4.78, 5) is 23.2. The highest BCUT2D eigenvalue weighted by molar-refractivity contribution is 6.06. The summed E-state index contributed by atoms with van der Waals surface area (Å²) in [5.74, 6) is -0.135. The van der Waals surface area contributed by atoms with Crippen molar-refractivity contribution < 1.29 is 9.59 Å². The first kappa shape index (κ1) is 15.6. The van der Waals surface area contributed by atoms with Crippen LogP contribution in [0.1, 0.15) is 6.92 Å². The number of rotatable bonds is 3. The van der Waals surface area contributed by atoms with Crippen molar-refractivity contribution >= 4 is 39.9 Å². The van der Waals surface area contributed by atoms with Gasteiger partial charge in [0.1, 0.15) is 0 Å². The van der Waals surface area contributed by atoms with E-state index in [9.17, 15) is 9.59 Å². The molecule has 0 unspecified atom stereocenters. The van der Waals surface area contributed by atoms with Crippen LogP contribution in [-0.2, 0) is 11.8 Å². The number of nitrogens with one attached hydrogen (secondary N) is 3. The molecule has 6 nitrogen and oxygen atoms in total. The molecular weight excluding hydrogens is 304 g/mol. The van der Waals surface area contributed by atoms with E-state index in [4.69, 9.17) is 0 Å². The second kappa shape index (κ2) is 6.45. The molecular formula is C18H18N4O2. The Morgan fingerprint density at radius 2 is 1.50 bits per heavy atom. The first-order valence-electron chi connectivity index (χ1n) is 7.52. The smallest absolute Gasteiger partial charge is 0.323 e. The van der Waals surface area contributed by atoms with Crippen molar-refractivity contribution in [1.29, 1.82) is 0 Å². The van der Waals surface area contributed by atoms with E-state index in [-0.39, 0.29) is 11.9 Å². The first-order valence-corrected chi connectivity index (χ1v) is 7.52. The summed E-state index contributed by atoms with van der Waals surface area (Å²) in [6, 6.07) is 14.5. The van der Waals surface area contributed by atoms with Crippen LogP contribution in [0.3, 0.4) is 0 Å². The van der Waals surface area contributed by atoms with Gasteiger partial charge in [-0.25, -0.2) is 4.79 Å². The molecule has 0 spiro atoms. The lowest BCUT2D eigenvalue weighted by molar-refractivity contribution is -0.114. The predicted molar refractivity (Wildman–Crippen MR) is 96.3 cm³/mol. The molecule has 0 fully saturated rings. The zero-order valence-corrected chi connectivity index (χ0v) is 13.5. The van der Waals surface area contributed by atoms with E-state index in [0.29, 0.717) is 11.4 Å². The summed E-state index contributed by atoms with van der Waals surface area (Å²) < 4.78 is 1.97. The number of carbonyl (C=O) groups is 2. The molecule has 3 aromatic rings. The topological polar surface area (TPSA) is 75.2 Å². The SMILES string of the molecule is CC(=O)Nc1ccc(NC(=O)Nc2cn(C)c3ccccc23)cc1. The van der Waals surface area contributed by atoms with Gasteiger partial charge in [-0.15, -0.1) is 0 Å². The number of aryl methyl sites for hydroxylation is 1. The third-order valence-corrected chi connectivity index (χ3v) is 3.61. The normalized spacial score (nSPS) is 10.4. The lowest BCUT2D eigenvalue weighted by Crippen LogP contribution is -2.19. The molecule has 122 valence electrons. The third kappa shape index (κ3) is 3.38. The minimum atomic E-state index is -0.321. The van der Waals surface area contributed by atoms with Crippen molar-refractivity contribution in [3.05, 3.63) is 54.7 Å². The minimum Gasteiger partial charge on any atom is -0.348 e. The number of urea groups is 1. The van der Waals surface area contributed by atoms with Gasteiger partial charge in [0.2, 0.25) is 5.91 Å². The molecule has 0 aliphatic carbocycles. The number of para-hydroxylation sites is 1. The maximum atomic E-state index is 12.2. The fourth-order valence-corrected chi connectivity index (χ4v) is 2.57. The van der Waals surface area contributed by atoms with Crippen LogP contribution in [-0.4, -0.2) is 16.5 Å². The van der Waals surface area contributed by atoms with Gasteiger partial charge in [-0.2, -0.15) is 0 Å². The summed E-state index contributed by atoms with van der Waals surface area (Å²) in [6.07, 6.45) is 1.88. The molecule has 2 aromatic carbocycles. The Balaban J connectivity index is 1.70. The maximum Gasteiger partial charge on any atom is 0.323 e. The second-order valence-electron chi connectivity index (χ2n) is 5.51. The van der Waals surface area contributed by atoms with E-state index < -0.39 is 0 Å². The van der Waals surface area contributed by atoms with E-state index in [1.807, 2.05) is 42.1 Å². The van der Waals surface area contributed by atoms with Crippen LogP contribution < -0.4 is 16.0 Å². The van der Waals surface area contributed by atoms with Crippen molar-refractivity contribution in [2.45, 2.75) is 6.92 Å². The number of hydrogen-bond acceptors (Lipinski definition) is 2. The van der Waals surface area contributed by atoms with Crippen LogP contribution in [0, 0.1) is 0 Å². The lowest BCUT2D eigenvalue weighted by atomic mass is 10.2. The van der Waals surface area contributed by atoms with Crippen molar-refractivity contribution in [1.82, 2.24) is 4.57 Å². The fraction of sp³-hybridized carbons (Fsp3) is 0.111. The van der Waals surface area contributed by atoms with Crippen molar-refractivity contribution in [3.8, 4) is 0 Å². The number of nitrogens with zero attached hydrogens (tertiary/aromatic N) is 1. The molecule has 0 saturated heterocycles. The molecule has 1 heterocycles. The molecule has 6 heteroatoms. The fourth-order valence-electron chi connectivity index (χ4n) is 2.57. The largest absolute Gasteiger partial charge is 0.348 e. The zero-order chi connectivity index (χ0) is 17.1.